The molecule has 0 spiro atoms. The first-order chi connectivity index (χ1) is 12.2. The van der Waals surface area contributed by atoms with E-state index in [1.54, 1.807) is 11.8 Å². The molecule has 4 rings (SSSR count). The summed E-state index contributed by atoms with van der Waals surface area (Å²) in [7, 11) is 0. The zero-order valence-electron chi connectivity index (χ0n) is 13.6. The Kier molecular flexibility index (Phi) is 4.60. The molecule has 2 aliphatic heterocycles. The van der Waals surface area contributed by atoms with Gasteiger partial charge in [0.25, 0.3) is 5.91 Å². The number of β-amino-alcohol motifs (C(OH)–C–C–N with tert-alkyl or cyclic N) is 1. The normalized spacial score (nSPS) is 23.7. The van der Waals surface area contributed by atoms with Gasteiger partial charge in [0.1, 0.15) is 17.8 Å². The van der Waals surface area contributed by atoms with Crippen LogP contribution in [0.2, 0.25) is 0 Å². The van der Waals surface area contributed by atoms with Crippen molar-refractivity contribution in [2.45, 2.75) is 18.6 Å². The summed E-state index contributed by atoms with van der Waals surface area (Å²) in [6.45, 7) is 1.89. The molecule has 0 unspecified atom stereocenters. The van der Waals surface area contributed by atoms with E-state index in [2.05, 4.69) is 25.6 Å². The number of hydrogen-bond acceptors (Lipinski definition) is 7. The van der Waals surface area contributed by atoms with Crippen molar-refractivity contribution < 1.29 is 9.90 Å². The van der Waals surface area contributed by atoms with Crippen LogP contribution in [0, 0.1) is 0 Å². The number of fused-ring (bicyclic) bond motifs is 1. The minimum atomic E-state index is -0.317. The lowest BCUT2D eigenvalue weighted by atomic mass is 10.2. The monoisotopic (exact) mass is 360 g/mol. The molecular formula is C16H20N6O2S. The van der Waals surface area contributed by atoms with Crippen LogP contribution in [0.4, 0.5) is 5.82 Å². The van der Waals surface area contributed by atoms with Crippen molar-refractivity contribution >= 4 is 34.5 Å². The van der Waals surface area contributed by atoms with E-state index in [4.69, 9.17) is 0 Å². The van der Waals surface area contributed by atoms with Crippen LogP contribution in [0.25, 0.3) is 11.0 Å². The number of carbonyl (C=O) groups is 1. The maximum absolute atomic E-state index is 12.5. The average Bonchev–Trinajstić information content (AvgIpc) is 3.28. The molecule has 0 aromatic carbocycles. The minimum absolute atomic E-state index is 0.0859. The number of carbonyl (C=O) groups excluding carboxylic acids is 1. The van der Waals surface area contributed by atoms with Crippen LogP contribution >= 0.6 is 11.8 Å². The zero-order chi connectivity index (χ0) is 17.2. The van der Waals surface area contributed by atoms with Crippen LogP contribution in [0.1, 0.15) is 6.42 Å². The van der Waals surface area contributed by atoms with Crippen LogP contribution in [-0.2, 0) is 4.79 Å². The topological polar surface area (TPSA) is 106 Å². The lowest BCUT2D eigenvalue weighted by molar-refractivity contribution is -0.116. The molecule has 0 saturated carbocycles. The van der Waals surface area contributed by atoms with Gasteiger partial charge in [0.15, 0.2) is 0 Å². The fourth-order valence-corrected chi connectivity index (χ4v) is 4.05. The smallest absolute Gasteiger partial charge is 0.259 e. The van der Waals surface area contributed by atoms with Gasteiger partial charge in [-0.05, 0) is 12.5 Å². The molecule has 25 heavy (non-hydrogen) atoms. The van der Waals surface area contributed by atoms with E-state index in [9.17, 15) is 9.90 Å². The Balaban J connectivity index is 1.46. The van der Waals surface area contributed by atoms with E-state index < -0.39 is 0 Å². The highest BCUT2D eigenvalue weighted by Gasteiger charge is 2.24. The van der Waals surface area contributed by atoms with Crippen LogP contribution in [-0.4, -0.2) is 63.5 Å². The number of nitrogens with zero attached hydrogens (tertiary/aromatic N) is 3. The Hall–Kier alpha value is -2.10. The highest BCUT2D eigenvalue weighted by molar-refractivity contribution is 8.04. The Morgan fingerprint density at radius 2 is 2.40 bits per heavy atom. The number of H-pyrrole nitrogens is 1. The molecule has 2 atom stereocenters. The Morgan fingerprint density at radius 1 is 1.48 bits per heavy atom. The molecule has 0 aliphatic carbocycles. The molecule has 0 radical (unpaired) electrons. The summed E-state index contributed by atoms with van der Waals surface area (Å²) in [5.74, 6) is 1.53. The summed E-state index contributed by atoms with van der Waals surface area (Å²) in [5.41, 5.74) is 0.786. The largest absolute Gasteiger partial charge is 0.392 e. The summed E-state index contributed by atoms with van der Waals surface area (Å²) in [4.78, 5) is 26.8. The summed E-state index contributed by atoms with van der Waals surface area (Å²) >= 11 is 1.55. The number of thioether (sulfide) groups is 1. The molecule has 2 aromatic heterocycles. The molecule has 8 nitrogen and oxygen atoms in total. The average molecular weight is 360 g/mol. The molecule has 1 fully saturated rings. The third-order valence-corrected chi connectivity index (χ3v) is 5.39. The van der Waals surface area contributed by atoms with E-state index in [0.717, 1.165) is 29.1 Å². The minimum Gasteiger partial charge on any atom is -0.392 e. The summed E-state index contributed by atoms with van der Waals surface area (Å²) in [6, 6.07) is 2.07. The van der Waals surface area contributed by atoms with Gasteiger partial charge in [0, 0.05) is 43.8 Å². The fourth-order valence-electron chi connectivity index (χ4n) is 3.13. The van der Waals surface area contributed by atoms with Gasteiger partial charge < -0.3 is 25.6 Å². The van der Waals surface area contributed by atoms with Gasteiger partial charge in [-0.3, -0.25) is 4.79 Å². The predicted molar refractivity (Wildman–Crippen MR) is 97.2 cm³/mol. The number of aromatic amines is 1. The van der Waals surface area contributed by atoms with Gasteiger partial charge in [-0.1, -0.05) is 0 Å². The number of amides is 1. The van der Waals surface area contributed by atoms with Gasteiger partial charge in [-0.25, -0.2) is 9.97 Å². The molecule has 132 valence electrons. The van der Waals surface area contributed by atoms with E-state index in [1.807, 2.05) is 23.4 Å². The molecule has 2 aliphatic rings. The highest BCUT2D eigenvalue weighted by Crippen LogP contribution is 2.28. The van der Waals surface area contributed by atoms with Gasteiger partial charge in [0.05, 0.1) is 16.4 Å². The Bertz CT molecular complexity index is 807. The first kappa shape index (κ1) is 16.4. The standard InChI is InChI=1S/C16H20N6O2S/c23-11-5-10(18-7-11)6-19-16(24)13-8-22(3-4-25-13)15-12-1-2-17-14(12)20-9-21-15/h1-2,8-11,18,23H,3-7H2,(H,19,24)(H,17,20,21)/t10-,11+/m1/s1. The van der Waals surface area contributed by atoms with Crippen molar-refractivity contribution in [3.8, 4) is 0 Å². The third-order valence-electron chi connectivity index (χ3n) is 4.40. The molecule has 4 N–H and O–H groups in total. The van der Waals surface area contributed by atoms with Gasteiger partial charge in [-0.2, -0.15) is 0 Å². The van der Waals surface area contributed by atoms with Crippen molar-refractivity contribution in [1.29, 1.82) is 0 Å². The summed E-state index contributed by atoms with van der Waals surface area (Å²) in [6.07, 6.45) is 5.57. The van der Waals surface area contributed by atoms with E-state index in [0.29, 0.717) is 24.4 Å². The third kappa shape index (κ3) is 3.48. The summed E-state index contributed by atoms with van der Waals surface area (Å²) < 4.78 is 0. The Morgan fingerprint density at radius 3 is 3.24 bits per heavy atom. The lowest BCUT2D eigenvalue weighted by Crippen LogP contribution is -2.38. The van der Waals surface area contributed by atoms with Crippen LogP contribution in [0.15, 0.2) is 29.7 Å². The molecule has 9 heteroatoms. The first-order valence-corrected chi connectivity index (χ1v) is 9.28. The van der Waals surface area contributed by atoms with Crippen molar-refractivity contribution in [1.82, 2.24) is 25.6 Å². The van der Waals surface area contributed by atoms with Gasteiger partial charge >= 0.3 is 0 Å². The molecular weight excluding hydrogens is 340 g/mol. The number of aromatic nitrogens is 3. The lowest BCUT2D eigenvalue weighted by Gasteiger charge is -2.25. The van der Waals surface area contributed by atoms with Gasteiger partial charge in [0.2, 0.25) is 0 Å². The summed E-state index contributed by atoms with van der Waals surface area (Å²) in [5, 5.41) is 16.6. The number of anilines is 1. The quantitative estimate of drug-likeness (QED) is 0.617. The van der Waals surface area contributed by atoms with E-state index >= 15 is 0 Å². The fraction of sp³-hybridized carbons (Fsp3) is 0.438. The second-order valence-electron chi connectivity index (χ2n) is 6.18. The van der Waals surface area contributed by atoms with Crippen molar-refractivity contribution in [2.24, 2.45) is 0 Å². The molecule has 1 saturated heterocycles. The predicted octanol–water partition coefficient (Wildman–Crippen LogP) is 0.192. The maximum atomic E-state index is 12.5. The van der Waals surface area contributed by atoms with Gasteiger partial charge in [-0.15, -0.1) is 11.8 Å². The number of aliphatic hydroxyl groups is 1. The number of hydrogen-bond donors (Lipinski definition) is 4. The SMILES string of the molecule is O=C(NC[C@H]1C[C@H](O)CN1)C1=CN(c2ncnc3[nH]ccc23)CCS1. The molecule has 0 bridgehead atoms. The van der Waals surface area contributed by atoms with Crippen molar-refractivity contribution in [3.63, 3.8) is 0 Å². The van der Waals surface area contributed by atoms with Crippen LogP contribution in [0.3, 0.4) is 0 Å². The van der Waals surface area contributed by atoms with Crippen LogP contribution < -0.4 is 15.5 Å². The highest BCUT2D eigenvalue weighted by atomic mass is 32.2. The second kappa shape index (κ2) is 7.03. The molecule has 1 amide bonds. The van der Waals surface area contributed by atoms with E-state index in [1.165, 1.54) is 6.33 Å². The Labute approximate surface area is 149 Å². The zero-order valence-corrected chi connectivity index (χ0v) is 14.4. The molecule has 2 aromatic rings. The van der Waals surface area contributed by atoms with Crippen molar-refractivity contribution in [2.75, 3.05) is 30.3 Å². The second-order valence-corrected chi connectivity index (χ2v) is 7.31. The first-order valence-electron chi connectivity index (χ1n) is 8.29. The number of aliphatic hydroxyl groups excluding tert-OH is 1. The van der Waals surface area contributed by atoms with Crippen molar-refractivity contribution in [3.05, 3.63) is 29.7 Å². The van der Waals surface area contributed by atoms with Crippen LogP contribution in [0.5, 0.6) is 0 Å². The number of nitrogens with one attached hydrogen (secondary N) is 3. The van der Waals surface area contributed by atoms with E-state index in [-0.39, 0.29) is 18.1 Å². The molecule has 4 heterocycles. The number of rotatable bonds is 4. The maximum Gasteiger partial charge on any atom is 0.259 e.